The number of likely N-dealkylation sites (tertiary alicyclic amines) is 1. The van der Waals surface area contributed by atoms with E-state index in [1.165, 1.54) is 12.3 Å². The molecule has 2 aliphatic heterocycles. The fourth-order valence-electron chi connectivity index (χ4n) is 3.75. The molecule has 0 bridgehead atoms. The van der Waals surface area contributed by atoms with Crippen molar-refractivity contribution in [2.45, 2.75) is 36.4 Å². The Morgan fingerprint density at radius 2 is 1.90 bits per heavy atom. The van der Waals surface area contributed by atoms with Gasteiger partial charge in [0.25, 0.3) is 5.91 Å². The van der Waals surface area contributed by atoms with Crippen molar-refractivity contribution in [3.63, 3.8) is 0 Å². The topological polar surface area (TPSA) is 121 Å². The summed E-state index contributed by atoms with van der Waals surface area (Å²) in [5.74, 6) is -0.539. The highest BCUT2D eigenvalue weighted by molar-refractivity contribution is 7.89. The number of nitrogens with zero attached hydrogens (tertiary/aromatic N) is 1. The minimum Gasteiger partial charge on any atom is -0.459 e. The van der Waals surface area contributed by atoms with E-state index in [2.05, 4.69) is 15.4 Å². The van der Waals surface area contributed by atoms with Gasteiger partial charge in [0.2, 0.25) is 15.9 Å². The minimum absolute atomic E-state index is 0.140. The number of hydrogen-bond acceptors (Lipinski definition) is 6. The number of sulfonamides is 1. The van der Waals surface area contributed by atoms with E-state index in [0.29, 0.717) is 31.6 Å². The number of amides is 2. The molecule has 0 radical (unpaired) electrons. The maximum Gasteiger partial charge on any atom is 0.287 e. The summed E-state index contributed by atoms with van der Waals surface area (Å²) in [5, 5.41) is 5.92. The standard InChI is InChI=1S/C19H22N4O5S/c1-13(20-17(24)15-6-4-12-28-15)18(25)23-10-8-19(9-11-23)21-14-5-2-3-7-16(14)29(26,27)22-19/h2-7,12-13,21-22H,8-11H2,1H3,(H,20,24)/t13-/m1/s1. The molecule has 0 unspecified atom stereocenters. The Morgan fingerprint density at radius 1 is 1.17 bits per heavy atom. The zero-order chi connectivity index (χ0) is 20.6. The van der Waals surface area contributed by atoms with Crippen molar-refractivity contribution in [2.75, 3.05) is 18.4 Å². The molecule has 1 spiro atoms. The number of rotatable bonds is 3. The van der Waals surface area contributed by atoms with Crippen LogP contribution < -0.4 is 15.4 Å². The smallest absolute Gasteiger partial charge is 0.287 e. The summed E-state index contributed by atoms with van der Waals surface area (Å²) in [6.07, 6.45) is 2.21. The molecule has 0 saturated carbocycles. The Morgan fingerprint density at radius 3 is 2.59 bits per heavy atom. The molecule has 1 atom stereocenters. The Kier molecular flexibility index (Phi) is 4.83. The van der Waals surface area contributed by atoms with Gasteiger partial charge in [-0.3, -0.25) is 9.59 Å². The Balaban J connectivity index is 1.40. The second-order valence-electron chi connectivity index (χ2n) is 7.31. The second kappa shape index (κ2) is 7.20. The number of benzene rings is 1. The molecule has 10 heteroatoms. The lowest BCUT2D eigenvalue weighted by Gasteiger charge is -2.45. The molecule has 1 aromatic heterocycles. The highest BCUT2D eigenvalue weighted by atomic mass is 32.2. The SMILES string of the molecule is C[C@@H](NC(=O)c1ccco1)C(=O)N1CCC2(CC1)Nc1ccccc1S(=O)(=O)N2. The maximum atomic E-state index is 12.7. The summed E-state index contributed by atoms with van der Waals surface area (Å²) >= 11 is 0. The normalized spacial score (nSPS) is 20.4. The van der Waals surface area contributed by atoms with Crippen LogP contribution in [0.1, 0.15) is 30.3 Å². The Labute approximate surface area is 168 Å². The number of carbonyl (C=O) groups excluding carboxylic acids is 2. The van der Waals surface area contributed by atoms with Gasteiger partial charge in [-0.1, -0.05) is 12.1 Å². The van der Waals surface area contributed by atoms with E-state index in [9.17, 15) is 18.0 Å². The molecule has 4 rings (SSSR count). The van der Waals surface area contributed by atoms with Crippen molar-refractivity contribution in [3.8, 4) is 0 Å². The van der Waals surface area contributed by atoms with Gasteiger partial charge in [0.15, 0.2) is 5.76 Å². The minimum atomic E-state index is -3.63. The second-order valence-corrected chi connectivity index (χ2v) is 8.96. The Bertz CT molecular complexity index is 1030. The highest BCUT2D eigenvalue weighted by Gasteiger charge is 2.44. The largest absolute Gasteiger partial charge is 0.459 e. The zero-order valence-electron chi connectivity index (χ0n) is 15.8. The van der Waals surface area contributed by atoms with Crippen molar-refractivity contribution in [3.05, 3.63) is 48.4 Å². The molecule has 2 amide bonds. The van der Waals surface area contributed by atoms with Crippen LogP contribution >= 0.6 is 0 Å². The van der Waals surface area contributed by atoms with Crippen molar-refractivity contribution in [1.82, 2.24) is 14.9 Å². The predicted molar refractivity (Wildman–Crippen MR) is 105 cm³/mol. The summed E-state index contributed by atoms with van der Waals surface area (Å²) < 4.78 is 33.0. The number of piperidine rings is 1. The third kappa shape index (κ3) is 3.73. The molecule has 1 fully saturated rings. The van der Waals surface area contributed by atoms with Crippen molar-refractivity contribution < 1.29 is 22.4 Å². The zero-order valence-corrected chi connectivity index (χ0v) is 16.7. The van der Waals surface area contributed by atoms with E-state index < -0.39 is 27.6 Å². The first-order valence-corrected chi connectivity index (χ1v) is 10.8. The molecule has 1 saturated heterocycles. The quantitative estimate of drug-likeness (QED) is 0.687. The van der Waals surface area contributed by atoms with E-state index in [-0.39, 0.29) is 16.6 Å². The van der Waals surface area contributed by atoms with E-state index in [4.69, 9.17) is 4.42 Å². The van der Waals surface area contributed by atoms with Gasteiger partial charge in [-0.05, 0) is 31.2 Å². The van der Waals surface area contributed by atoms with Gasteiger partial charge in [0, 0.05) is 25.9 Å². The monoisotopic (exact) mass is 418 g/mol. The fraction of sp³-hybridized carbons (Fsp3) is 0.368. The maximum absolute atomic E-state index is 12.7. The summed E-state index contributed by atoms with van der Waals surface area (Å²) in [6.45, 7) is 2.33. The number of hydrogen-bond donors (Lipinski definition) is 3. The highest BCUT2D eigenvalue weighted by Crippen LogP contribution is 2.34. The first-order chi connectivity index (χ1) is 13.8. The molecular formula is C19H22N4O5S. The lowest BCUT2D eigenvalue weighted by molar-refractivity contribution is -0.134. The number of fused-ring (bicyclic) bond motifs is 1. The van der Waals surface area contributed by atoms with Crippen LogP contribution in [0.2, 0.25) is 0 Å². The van der Waals surface area contributed by atoms with Crippen molar-refractivity contribution in [2.24, 2.45) is 0 Å². The first kappa shape index (κ1) is 19.5. The van der Waals surface area contributed by atoms with E-state index in [0.717, 1.165) is 0 Å². The number of anilines is 1. The van der Waals surface area contributed by atoms with Gasteiger partial charge in [-0.25, -0.2) is 8.42 Å². The third-order valence-corrected chi connectivity index (χ3v) is 6.87. The van der Waals surface area contributed by atoms with Gasteiger partial charge < -0.3 is 20.0 Å². The van der Waals surface area contributed by atoms with Crippen LogP contribution in [-0.4, -0.2) is 49.9 Å². The molecule has 2 aromatic rings. The average molecular weight is 418 g/mol. The molecule has 2 aliphatic rings. The van der Waals surface area contributed by atoms with Crippen molar-refractivity contribution >= 4 is 27.5 Å². The van der Waals surface area contributed by atoms with Gasteiger partial charge in [-0.2, -0.15) is 4.72 Å². The number of carbonyl (C=O) groups is 2. The van der Waals surface area contributed by atoms with Crippen LogP contribution in [0.3, 0.4) is 0 Å². The fourth-order valence-corrected chi connectivity index (χ4v) is 5.29. The van der Waals surface area contributed by atoms with Crippen LogP contribution in [0.5, 0.6) is 0 Å². The summed E-state index contributed by atoms with van der Waals surface area (Å²) in [4.78, 5) is 26.6. The molecule has 3 heterocycles. The average Bonchev–Trinajstić information content (AvgIpc) is 3.22. The van der Waals surface area contributed by atoms with Crippen LogP contribution in [-0.2, 0) is 14.8 Å². The molecule has 3 N–H and O–H groups in total. The first-order valence-electron chi connectivity index (χ1n) is 9.34. The van der Waals surface area contributed by atoms with Crippen LogP contribution in [0, 0.1) is 0 Å². The molecular weight excluding hydrogens is 396 g/mol. The number of para-hydroxylation sites is 1. The molecule has 154 valence electrons. The van der Waals surface area contributed by atoms with Gasteiger partial charge in [0.05, 0.1) is 12.0 Å². The van der Waals surface area contributed by atoms with Gasteiger partial charge >= 0.3 is 0 Å². The van der Waals surface area contributed by atoms with Crippen molar-refractivity contribution in [1.29, 1.82) is 0 Å². The summed E-state index contributed by atoms with van der Waals surface area (Å²) in [6, 6.07) is 9.15. The van der Waals surface area contributed by atoms with E-state index in [1.807, 2.05) is 0 Å². The van der Waals surface area contributed by atoms with Crippen LogP contribution in [0.15, 0.2) is 52.0 Å². The number of furan rings is 1. The Hall–Kier alpha value is -2.85. The van der Waals surface area contributed by atoms with Crippen LogP contribution in [0.25, 0.3) is 0 Å². The molecule has 0 aliphatic carbocycles. The predicted octanol–water partition coefficient (Wildman–Crippen LogP) is 1.12. The van der Waals surface area contributed by atoms with Gasteiger partial charge in [0.1, 0.15) is 16.6 Å². The molecule has 1 aromatic carbocycles. The summed E-state index contributed by atoms with van der Waals surface area (Å²) in [7, 11) is -3.63. The third-order valence-electron chi connectivity index (χ3n) is 5.27. The molecule has 9 nitrogen and oxygen atoms in total. The van der Waals surface area contributed by atoms with Gasteiger partial charge in [-0.15, -0.1) is 0 Å². The van der Waals surface area contributed by atoms with Crippen LogP contribution in [0.4, 0.5) is 5.69 Å². The lowest BCUT2D eigenvalue weighted by atomic mass is 9.96. The van der Waals surface area contributed by atoms with E-state index in [1.54, 1.807) is 42.2 Å². The number of nitrogens with one attached hydrogen (secondary N) is 3. The lowest BCUT2D eigenvalue weighted by Crippen LogP contribution is -2.63. The van der Waals surface area contributed by atoms with E-state index >= 15 is 0 Å². The molecule has 29 heavy (non-hydrogen) atoms. The summed E-state index contributed by atoms with van der Waals surface area (Å²) in [5.41, 5.74) is -0.268.